The van der Waals surface area contributed by atoms with Gasteiger partial charge in [0.2, 0.25) is 5.95 Å². The van der Waals surface area contributed by atoms with E-state index in [4.69, 9.17) is 0 Å². The summed E-state index contributed by atoms with van der Waals surface area (Å²) in [5, 5.41) is 15.4. The number of pyridine rings is 1. The summed E-state index contributed by atoms with van der Waals surface area (Å²) >= 11 is 0. The molecule has 0 fully saturated rings. The Labute approximate surface area is 110 Å². The van der Waals surface area contributed by atoms with E-state index in [1.54, 1.807) is 10.8 Å². The van der Waals surface area contributed by atoms with Gasteiger partial charge in [-0.2, -0.15) is 4.98 Å². The van der Waals surface area contributed by atoms with Crippen molar-refractivity contribution in [2.75, 3.05) is 11.9 Å². The molecule has 0 unspecified atom stereocenters. The van der Waals surface area contributed by atoms with Crippen molar-refractivity contribution in [2.24, 2.45) is 7.05 Å². The van der Waals surface area contributed by atoms with Crippen molar-refractivity contribution in [2.45, 2.75) is 13.3 Å². The van der Waals surface area contributed by atoms with Crippen LogP contribution in [0.25, 0.3) is 5.65 Å². The van der Waals surface area contributed by atoms with E-state index in [0.29, 0.717) is 5.95 Å². The van der Waals surface area contributed by atoms with E-state index < -0.39 is 0 Å². The van der Waals surface area contributed by atoms with Crippen LogP contribution in [0.1, 0.15) is 11.4 Å². The van der Waals surface area contributed by atoms with Gasteiger partial charge in [-0.05, 0) is 18.6 Å². The molecule has 3 heterocycles. The molecule has 0 bridgehead atoms. The Morgan fingerprint density at radius 2 is 2.21 bits per heavy atom. The second-order valence-corrected chi connectivity index (χ2v) is 4.48. The second kappa shape index (κ2) is 4.68. The molecule has 0 saturated carbocycles. The van der Waals surface area contributed by atoms with Crippen LogP contribution >= 0.6 is 0 Å². The van der Waals surface area contributed by atoms with Crippen LogP contribution in [-0.4, -0.2) is 35.9 Å². The van der Waals surface area contributed by atoms with E-state index in [9.17, 15) is 0 Å². The molecule has 3 rings (SSSR count). The predicted octanol–water partition coefficient (Wildman–Crippen LogP) is 0.821. The molecule has 0 aliphatic heterocycles. The van der Waals surface area contributed by atoms with Gasteiger partial charge in [-0.3, -0.25) is 0 Å². The molecule has 7 nitrogen and oxygen atoms in total. The minimum atomic E-state index is 0.632. The van der Waals surface area contributed by atoms with E-state index in [0.717, 1.165) is 30.0 Å². The van der Waals surface area contributed by atoms with Gasteiger partial charge in [0.15, 0.2) is 5.65 Å². The van der Waals surface area contributed by atoms with Crippen molar-refractivity contribution in [3.63, 3.8) is 0 Å². The normalized spacial score (nSPS) is 11.1. The Balaban J connectivity index is 1.67. The van der Waals surface area contributed by atoms with E-state index in [-0.39, 0.29) is 0 Å². The summed E-state index contributed by atoms with van der Waals surface area (Å²) in [6.45, 7) is 2.75. The van der Waals surface area contributed by atoms with Gasteiger partial charge in [0.25, 0.3) is 0 Å². The van der Waals surface area contributed by atoms with Gasteiger partial charge in [-0.1, -0.05) is 6.07 Å². The van der Waals surface area contributed by atoms with Gasteiger partial charge in [0.05, 0.1) is 0 Å². The van der Waals surface area contributed by atoms with E-state index in [1.807, 2.05) is 36.9 Å². The number of hydrogen-bond donors (Lipinski definition) is 1. The van der Waals surface area contributed by atoms with Crippen molar-refractivity contribution in [1.82, 2.24) is 29.4 Å². The summed E-state index contributed by atoms with van der Waals surface area (Å²) in [4.78, 5) is 4.39. The Morgan fingerprint density at radius 3 is 3.00 bits per heavy atom. The van der Waals surface area contributed by atoms with Gasteiger partial charge in [-0.15, -0.1) is 15.3 Å². The Morgan fingerprint density at radius 1 is 1.32 bits per heavy atom. The average molecular weight is 257 g/mol. The molecule has 0 atom stereocenters. The molecule has 98 valence electrons. The highest BCUT2D eigenvalue weighted by Crippen LogP contribution is 2.07. The number of rotatable bonds is 4. The van der Waals surface area contributed by atoms with Crippen molar-refractivity contribution < 1.29 is 0 Å². The minimum Gasteiger partial charge on any atom is -0.352 e. The summed E-state index contributed by atoms with van der Waals surface area (Å²) in [6.07, 6.45) is 4.43. The molecule has 0 amide bonds. The van der Waals surface area contributed by atoms with Gasteiger partial charge >= 0.3 is 0 Å². The highest BCUT2D eigenvalue weighted by molar-refractivity contribution is 5.44. The van der Waals surface area contributed by atoms with Crippen LogP contribution in [0.5, 0.6) is 0 Å². The molecule has 0 spiro atoms. The van der Waals surface area contributed by atoms with Crippen LogP contribution in [0.3, 0.4) is 0 Å². The number of fused-ring (bicyclic) bond motifs is 1. The Bertz CT molecular complexity index is 697. The quantitative estimate of drug-likeness (QED) is 0.749. The van der Waals surface area contributed by atoms with E-state index >= 15 is 0 Å². The lowest BCUT2D eigenvalue weighted by molar-refractivity contribution is 0.785. The van der Waals surface area contributed by atoms with Crippen molar-refractivity contribution >= 4 is 11.6 Å². The van der Waals surface area contributed by atoms with Gasteiger partial charge in [0.1, 0.15) is 12.2 Å². The van der Waals surface area contributed by atoms with Crippen molar-refractivity contribution in [3.05, 3.63) is 36.0 Å². The predicted molar refractivity (Wildman–Crippen MR) is 70.9 cm³/mol. The maximum atomic E-state index is 4.39. The Hall–Kier alpha value is -2.44. The molecule has 0 aromatic carbocycles. The van der Waals surface area contributed by atoms with Crippen LogP contribution < -0.4 is 5.32 Å². The van der Waals surface area contributed by atoms with Crippen molar-refractivity contribution in [1.29, 1.82) is 0 Å². The third-order valence-electron chi connectivity index (χ3n) is 2.92. The number of aryl methyl sites for hydroxylation is 2. The first-order valence-corrected chi connectivity index (χ1v) is 6.12. The molecule has 1 N–H and O–H groups in total. The summed E-state index contributed by atoms with van der Waals surface area (Å²) in [5.41, 5.74) is 2.00. The van der Waals surface area contributed by atoms with Gasteiger partial charge in [-0.25, -0.2) is 4.52 Å². The lowest BCUT2D eigenvalue weighted by Gasteiger charge is -2.00. The van der Waals surface area contributed by atoms with Crippen LogP contribution in [0.4, 0.5) is 5.95 Å². The molecule has 0 aliphatic carbocycles. The van der Waals surface area contributed by atoms with E-state index in [1.165, 1.54) is 0 Å². The van der Waals surface area contributed by atoms with Crippen LogP contribution in [0.2, 0.25) is 0 Å². The first kappa shape index (κ1) is 11.6. The fraction of sp³-hybridized carbons (Fsp3) is 0.333. The second-order valence-electron chi connectivity index (χ2n) is 4.48. The molecule has 19 heavy (non-hydrogen) atoms. The zero-order chi connectivity index (χ0) is 13.2. The Kier molecular flexibility index (Phi) is 2.86. The van der Waals surface area contributed by atoms with Gasteiger partial charge < -0.3 is 9.88 Å². The lowest BCUT2D eigenvalue weighted by Crippen LogP contribution is -2.09. The first-order valence-electron chi connectivity index (χ1n) is 6.12. The standard InChI is InChI=1S/C12H15N7/c1-9-3-4-10-15-12(17-19(10)7-9)13-6-5-11-16-14-8-18(11)2/h3-4,7-8H,5-6H2,1-2H3,(H,13,17). The molecular weight excluding hydrogens is 242 g/mol. The summed E-state index contributed by atoms with van der Waals surface area (Å²) in [5.74, 6) is 1.57. The maximum absolute atomic E-state index is 4.39. The smallest absolute Gasteiger partial charge is 0.243 e. The zero-order valence-corrected chi connectivity index (χ0v) is 10.9. The fourth-order valence-corrected chi connectivity index (χ4v) is 1.88. The fourth-order valence-electron chi connectivity index (χ4n) is 1.88. The number of hydrogen-bond acceptors (Lipinski definition) is 5. The molecule has 0 aliphatic rings. The van der Waals surface area contributed by atoms with Crippen LogP contribution in [0, 0.1) is 6.92 Å². The molecule has 7 heteroatoms. The molecule has 0 saturated heterocycles. The topological polar surface area (TPSA) is 72.9 Å². The van der Waals surface area contributed by atoms with Gasteiger partial charge in [0, 0.05) is 26.2 Å². The van der Waals surface area contributed by atoms with Crippen LogP contribution in [0.15, 0.2) is 24.7 Å². The highest BCUT2D eigenvalue weighted by atomic mass is 15.3. The van der Waals surface area contributed by atoms with E-state index in [2.05, 4.69) is 25.6 Å². The molecular formula is C12H15N7. The highest BCUT2D eigenvalue weighted by Gasteiger charge is 2.04. The van der Waals surface area contributed by atoms with Crippen LogP contribution in [-0.2, 0) is 13.5 Å². The SMILES string of the molecule is Cc1ccc2nc(NCCc3nncn3C)nn2c1. The monoisotopic (exact) mass is 257 g/mol. The summed E-state index contributed by atoms with van der Waals surface area (Å²) in [7, 11) is 1.93. The molecule has 0 radical (unpaired) electrons. The summed E-state index contributed by atoms with van der Waals surface area (Å²) < 4.78 is 3.68. The zero-order valence-electron chi connectivity index (χ0n) is 10.9. The summed E-state index contributed by atoms with van der Waals surface area (Å²) in [6, 6.07) is 3.98. The minimum absolute atomic E-state index is 0.632. The third kappa shape index (κ3) is 2.40. The van der Waals surface area contributed by atoms with Crippen molar-refractivity contribution in [3.8, 4) is 0 Å². The maximum Gasteiger partial charge on any atom is 0.243 e. The average Bonchev–Trinajstić information content (AvgIpc) is 2.95. The number of aromatic nitrogens is 6. The number of anilines is 1. The number of nitrogens with zero attached hydrogens (tertiary/aromatic N) is 6. The largest absolute Gasteiger partial charge is 0.352 e. The molecule has 3 aromatic heterocycles. The third-order valence-corrected chi connectivity index (χ3v) is 2.92. The first-order chi connectivity index (χ1) is 9.22. The lowest BCUT2D eigenvalue weighted by atomic mass is 10.3. The number of nitrogens with one attached hydrogen (secondary N) is 1. The molecule has 3 aromatic rings.